The van der Waals surface area contributed by atoms with Crippen LogP contribution in [0.5, 0.6) is 0 Å². The van der Waals surface area contributed by atoms with Gasteiger partial charge < -0.3 is 0 Å². The van der Waals surface area contributed by atoms with Crippen molar-refractivity contribution >= 4 is 33.3 Å². The van der Waals surface area contributed by atoms with Gasteiger partial charge in [-0.3, -0.25) is 0 Å². The number of nitrogens with zero attached hydrogens (tertiary/aromatic N) is 2. The largest absolute Gasteiger partial charge is 0.184 e. The van der Waals surface area contributed by atoms with E-state index in [0.29, 0.717) is 7.92 Å². The number of halogens is 1. The minimum Gasteiger partial charge on any atom is -0.184 e. The van der Waals surface area contributed by atoms with Crippen LogP contribution >= 0.6 is 17.6 Å². The summed E-state index contributed by atoms with van der Waals surface area (Å²) in [6.45, 7) is 19.7. The van der Waals surface area contributed by atoms with Gasteiger partial charge in [-0.25, -0.2) is 0 Å². The molecule has 1 saturated heterocycles. The molecule has 52 heavy (non-hydrogen) atoms. The number of rotatable bonds is 5. The third-order valence-corrected chi connectivity index (χ3v) is 17.5. The average molecular weight is 829 g/mol. The van der Waals surface area contributed by atoms with Crippen LogP contribution in [0.4, 0.5) is 11.4 Å². The van der Waals surface area contributed by atoms with Crippen LogP contribution in [0, 0.1) is 54.3 Å². The number of aryl methyl sites for hydroxylation is 6. The molecule has 3 saturated carbocycles. The van der Waals surface area contributed by atoms with Gasteiger partial charge in [0.15, 0.2) is 0 Å². The average Bonchev–Trinajstić information content (AvgIpc) is 3.57. The molecule has 3 aromatic carbocycles. The number of anilines is 2. The van der Waals surface area contributed by atoms with Gasteiger partial charge in [0.1, 0.15) is 0 Å². The van der Waals surface area contributed by atoms with E-state index in [0.717, 1.165) is 13.1 Å². The molecule has 0 spiro atoms. The Morgan fingerprint density at radius 2 is 0.904 bits per heavy atom. The molecule has 0 amide bonds. The molecule has 1 heterocycles. The van der Waals surface area contributed by atoms with Crippen LogP contribution in [0.2, 0.25) is 0 Å². The van der Waals surface area contributed by atoms with E-state index in [9.17, 15) is 0 Å². The minimum atomic E-state index is -0.360. The first-order valence-corrected chi connectivity index (χ1v) is 24.6. The Balaban J connectivity index is 0.000000197. The van der Waals surface area contributed by atoms with Crippen LogP contribution in [0.3, 0.4) is 0 Å². The first-order chi connectivity index (χ1) is 25.3. The number of benzene rings is 3. The van der Waals surface area contributed by atoms with Gasteiger partial charge in [-0.1, -0.05) is 65.7 Å². The Labute approximate surface area is 330 Å². The minimum absolute atomic E-state index is 0.360. The maximum atomic E-state index is 7.50. The summed E-state index contributed by atoms with van der Waals surface area (Å²) in [4.78, 5) is 4.91. The second kappa shape index (κ2) is 22.6. The summed E-state index contributed by atoms with van der Waals surface area (Å²) in [5.41, 5.74) is 14.2. The van der Waals surface area contributed by atoms with Crippen LogP contribution in [-0.4, -0.2) is 34.4 Å². The van der Waals surface area contributed by atoms with E-state index in [2.05, 4.69) is 88.3 Å². The van der Waals surface area contributed by atoms with Gasteiger partial charge in [-0.15, -0.1) is 0 Å². The molecule has 0 atom stereocenters. The maximum absolute atomic E-state index is 7.50. The fraction of sp³-hybridized carbons (Fsp3) is 0.565. The Morgan fingerprint density at radius 3 is 1.15 bits per heavy atom. The fourth-order valence-electron chi connectivity index (χ4n) is 9.57. The van der Waals surface area contributed by atoms with E-state index < -0.39 is 0 Å². The molecule has 3 nitrogen and oxygen atoms in total. The zero-order valence-electron chi connectivity index (χ0n) is 32.9. The molecule has 1 aliphatic heterocycles. The summed E-state index contributed by atoms with van der Waals surface area (Å²) in [5, 5.41) is 0. The molecule has 3 aliphatic carbocycles. The molecule has 4 fully saturated rings. The van der Waals surface area contributed by atoms with Crippen molar-refractivity contribution in [3.8, 4) is 0 Å². The fourth-order valence-corrected chi connectivity index (χ4v) is 16.2. The van der Waals surface area contributed by atoms with Crippen LogP contribution in [0.25, 0.3) is 0 Å². The molecular formula is C46H64ClN2OPRu-. The molecule has 0 radical (unpaired) electrons. The molecule has 3 aromatic rings. The summed E-state index contributed by atoms with van der Waals surface area (Å²) in [6, 6.07) is 21.6. The monoisotopic (exact) mass is 828 g/mol. The zero-order valence-corrected chi connectivity index (χ0v) is 36.3. The van der Waals surface area contributed by atoms with Crippen LogP contribution < -0.4 is 9.80 Å². The van der Waals surface area contributed by atoms with Crippen molar-refractivity contribution in [1.29, 1.82) is 0 Å². The van der Waals surface area contributed by atoms with Gasteiger partial charge in [0.05, 0.1) is 0 Å². The van der Waals surface area contributed by atoms with Crippen LogP contribution in [0.1, 0.15) is 130 Å². The third-order valence-electron chi connectivity index (χ3n) is 11.4. The van der Waals surface area contributed by atoms with E-state index in [1.54, 1.807) is 77.0 Å². The predicted octanol–water partition coefficient (Wildman–Crippen LogP) is 13.1. The maximum Gasteiger partial charge on any atom is -0.171 e. The van der Waals surface area contributed by atoms with Gasteiger partial charge in [0.2, 0.25) is 0 Å². The summed E-state index contributed by atoms with van der Waals surface area (Å²) in [6.07, 6.45) is 23.6. The summed E-state index contributed by atoms with van der Waals surface area (Å²) in [5.74, 6) is 0. The molecule has 0 unspecified atom stereocenters. The van der Waals surface area contributed by atoms with Gasteiger partial charge in [-0.2, -0.15) is 36.4 Å². The molecule has 0 N–H and O–H groups in total. The van der Waals surface area contributed by atoms with Crippen molar-refractivity contribution < 1.29 is 20.3 Å². The topological polar surface area (TPSA) is 26.4 Å². The van der Waals surface area contributed by atoms with Crippen LogP contribution in [0.15, 0.2) is 54.6 Å². The van der Waals surface area contributed by atoms with E-state index in [-0.39, 0.29) is 15.7 Å². The van der Waals surface area contributed by atoms with E-state index in [1.807, 2.05) is 30.3 Å². The molecule has 285 valence electrons. The van der Waals surface area contributed by atoms with Gasteiger partial charge in [-0.05, 0) is 55.5 Å². The summed E-state index contributed by atoms with van der Waals surface area (Å²) >= 11 is -0.360. The van der Waals surface area contributed by atoms with Crippen molar-refractivity contribution in [2.45, 2.75) is 155 Å². The Morgan fingerprint density at radius 1 is 0.577 bits per heavy atom. The molecule has 7 rings (SSSR count). The second-order valence-electron chi connectivity index (χ2n) is 15.5. The van der Waals surface area contributed by atoms with Crippen molar-refractivity contribution in [3.63, 3.8) is 0 Å². The molecule has 0 aromatic heterocycles. The Bertz CT molecular complexity index is 1370. The third kappa shape index (κ3) is 11.9. The first kappa shape index (κ1) is 42.9. The number of hydrogen-bond acceptors (Lipinski definition) is 2. The predicted molar refractivity (Wildman–Crippen MR) is 224 cm³/mol. The summed E-state index contributed by atoms with van der Waals surface area (Å²) in [7, 11) is 6.92. The van der Waals surface area contributed by atoms with Crippen molar-refractivity contribution in [1.82, 2.24) is 0 Å². The number of hydrogen-bond donors (Lipinski definition) is 0. The Kier molecular flexibility index (Phi) is 18.6. The van der Waals surface area contributed by atoms with Gasteiger partial charge in [0, 0.05) is 0 Å². The van der Waals surface area contributed by atoms with Gasteiger partial charge in [0.25, 0.3) is 0 Å². The molecule has 4 aliphatic rings. The van der Waals surface area contributed by atoms with E-state index in [1.165, 1.54) is 85.3 Å². The zero-order chi connectivity index (χ0) is 37.5. The smallest absolute Gasteiger partial charge is 0.171 e. The molecule has 0 bridgehead atoms. The SMILES string of the molecule is C1CCC(P(C2CCCCC2)C2CCCCC2)CC1.Cc1cc(C)c(N2CCN(c3c(C)cc(C)cc3C)[C]2=[Ru][Cl])c(C)c1.[C-]#[O+].[c-]1ccccc1. The molecule has 6 heteroatoms. The quantitative estimate of drug-likeness (QED) is 0.111. The Hall–Kier alpha value is -1.79. The summed E-state index contributed by atoms with van der Waals surface area (Å²) < 4.78 is 8.78. The van der Waals surface area contributed by atoms with E-state index in [4.69, 9.17) is 14.3 Å². The van der Waals surface area contributed by atoms with E-state index >= 15 is 0 Å². The van der Waals surface area contributed by atoms with Crippen molar-refractivity contribution in [2.75, 3.05) is 22.9 Å². The second-order valence-corrected chi connectivity index (χ2v) is 20.5. The van der Waals surface area contributed by atoms with Gasteiger partial charge >= 0.3 is 174 Å². The van der Waals surface area contributed by atoms with Crippen LogP contribution in [-0.2, 0) is 20.3 Å². The van der Waals surface area contributed by atoms with Crippen molar-refractivity contribution in [2.24, 2.45) is 0 Å². The van der Waals surface area contributed by atoms with Crippen molar-refractivity contribution in [3.05, 3.63) is 101 Å². The normalized spacial score (nSPS) is 18.5. The molecular weight excluding hydrogens is 764 g/mol. The standard InChI is InChI=1S/C21H26N2.C18H33P.C6H5.CO.ClH.Ru/c1-14-9-16(3)20(17(4)10-14)22-7-8-23(13-22)21-18(5)11-15(2)12-19(21)6;1-4-10-16(11-5-1)19(17-12-6-2-7-13-17)18-14-8-3-9-15-18;1-2-4-6-5-3-1;1-2;;/h9-12H,7-8H2,1-6H3;16-18H,1-15H2;1-5H;;1H;/q;;-1;;;+1/p-1. The first-order valence-electron chi connectivity index (χ1n) is 20.0.